The minimum Gasteiger partial charge on any atom is -0.298 e. The average Bonchev–Trinajstić information content (AvgIpc) is 2.89. The zero-order chi connectivity index (χ0) is 13.9. The molecule has 0 aliphatic carbocycles. The number of rotatable bonds is 4. The first-order valence-electron chi connectivity index (χ1n) is 5.19. The van der Waals surface area contributed by atoms with Crippen LogP contribution < -0.4 is 16.0 Å². The molecular formula is C11H11N3O3S2. The smallest absolute Gasteiger partial charge is 0.279 e. The quantitative estimate of drug-likeness (QED) is 0.737. The van der Waals surface area contributed by atoms with Gasteiger partial charge in [0.2, 0.25) is 10.0 Å². The van der Waals surface area contributed by atoms with Crippen LogP contribution in [0.15, 0.2) is 46.7 Å². The average molecular weight is 297 g/mol. The molecule has 0 fully saturated rings. The van der Waals surface area contributed by atoms with E-state index in [4.69, 9.17) is 5.14 Å². The minimum absolute atomic E-state index is 0.0163. The maximum Gasteiger partial charge on any atom is 0.279 e. The summed E-state index contributed by atoms with van der Waals surface area (Å²) >= 11 is 1.32. The van der Waals surface area contributed by atoms with E-state index in [0.717, 1.165) is 0 Å². The molecule has 1 amide bonds. The number of hydrogen-bond donors (Lipinski definition) is 3. The third kappa shape index (κ3) is 3.53. The highest BCUT2D eigenvalue weighted by molar-refractivity contribution is 7.89. The largest absolute Gasteiger partial charge is 0.298 e. The highest BCUT2D eigenvalue weighted by atomic mass is 32.2. The van der Waals surface area contributed by atoms with E-state index >= 15 is 0 Å². The van der Waals surface area contributed by atoms with Crippen molar-refractivity contribution in [1.82, 2.24) is 5.43 Å². The summed E-state index contributed by atoms with van der Waals surface area (Å²) in [6.07, 6.45) is 0. The molecule has 1 aromatic heterocycles. The zero-order valence-electron chi connectivity index (χ0n) is 9.66. The lowest BCUT2D eigenvalue weighted by molar-refractivity contribution is 0.0966. The molecule has 0 atom stereocenters. The molecule has 2 aromatic rings. The van der Waals surface area contributed by atoms with Crippen molar-refractivity contribution in [2.24, 2.45) is 5.14 Å². The first-order chi connectivity index (χ1) is 8.97. The summed E-state index contributed by atoms with van der Waals surface area (Å²) in [5, 5.41) is 6.78. The monoisotopic (exact) mass is 297 g/mol. The number of nitrogens with two attached hydrogens (primary N) is 1. The molecule has 0 saturated carbocycles. The minimum atomic E-state index is -3.70. The van der Waals surface area contributed by atoms with Gasteiger partial charge >= 0.3 is 0 Å². The molecule has 4 N–H and O–H groups in total. The van der Waals surface area contributed by atoms with Gasteiger partial charge in [-0.05, 0) is 35.7 Å². The van der Waals surface area contributed by atoms with Gasteiger partial charge in [0.05, 0.1) is 15.5 Å². The maximum absolute atomic E-state index is 11.6. The van der Waals surface area contributed by atoms with Crippen LogP contribution in [0.25, 0.3) is 0 Å². The number of nitrogens with one attached hydrogen (secondary N) is 2. The molecule has 6 nitrogen and oxygen atoms in total. The Morgan fingerprint density at radius 3 is 2.37 bits per heavy atom. The Hall–Kier alpha value is -1.90. The Bertz CT molecular complexity index is 664. The fourth-order valence-corrected chi connectivity index (χ4v) is 2.46. The third-order valence-electron chi connectivity index (χ3n) is 2.25. The number of carbonyl (C=O) groups excluding carboxylic acids is 1. The van der Waals surface area contributed by atoms with E-state index in [0.29, 0.717) is 10.6 Å². The molecule has 2 rings (SSSR count). The second-order valence-corrected chi connectivity index (χ2v) is 6.13. The molecule has 0 bridgehead atoms. The van der Waals surface area contributed by atoms with E-state index in [1.165, 1.54) is 35.6 Å². The van der Waals surface area contributed by atoms with Crippen LogP contribution in [0.4, 0.5) is 5.69 Å². The number of sulfonamides is 1. The lowest BCUT2D eigenvalue weighted by atomic mass is 10.3. The number of primary sulfonamides is 1. The van der Waals surface area contributed by atoms with Crippen LogP contribution in [0.1, 0.15) is 9.67 Å². The summed E-state index contributed by atoms with van der Waals surface area (Å²) < 4.78 is 22.1. The van der Waals surface area contributed by atoms with Gasteiger partial charge in [-0.3, -0.25) is 15.6 Å². The molecule has 0 saturated heterocycles. The number of thiophene rings is 1. The third-order valence-corrected chi connectivity index (χ3v) is 4.05. The van der Waals surface area contributed by atoms with Gasteiger partial charge in [-0.2, -0.15) is 0 Å². The number of amides is 1. The molecule has 100 valence electrons. The van der Waals surface area contributed by atoms with E-state index in [9.17, 15) is 13.2 Å². The standard InChI is InChI=1S/C11H11N3O3S2/c12-19(16,17)9-5-3-8(4-6-9)13-14-11(15)10-2-1-7-18-10/h1-7,13H,(H,14,15)(H2,12,16,17). The van der Waals surface area contributed by atoms with Crippen molar-refractivity contribution in [2.75, 3.05) is 5.43 Å². The van der Waals surface area contributed by atoms with Gasteiger partial charge in [0, 0.05) is 0 Å². The van der Waals surface area contributed by atoms with Crippen molar-refractivity contribution < 1.29 is 13.2 Å². The molecule has 0 radical (unpaired) electrons. The number of benzene rings is 1. The highest BCUT2D eigenvalue weighted by Crippen LogP contribution is 2.12. The van der Waals surface area contributed by atoms with Crippen molar-refractivity contribution in [2.45, 2.75) is 4.90 Å². The summed E-state index contributed by atoms with van der Waals surface area (Å²) in [5.74, 6) is -0.259. The van der Waals surface area contributed by atoms with E-state index < -0.39 is 10.0 Å². The predicted octanol–water partition coefficient (Wildman–Crippen LogP) is 1.15. The molecule has 1 aromatic carbocycles. The lowest BCUT2D eigenvalue weighted by Gasteiger charge is -2.07. The molecule has 19 heavy (non-hydrogen) atoms. The highest BCUT2D eigenvalue weighted by Gasteiger charge is 2.08. The van der Waals surface area contributed by atoms with Crippen LogP contribution in [0.3, 0.4) is 0 Å². The Morgan fingerprint density at radius 1 is 1.16 bits per heavy atom. The Kier molecular flexibility index (Phi) is 3.84. The second-order valence-electron chi connectivity index (χ2n) is 3.63. The van der Waals surface area contributed by atoms with Gasteiger partial charge < -0.3 is 0 Å². The number of hydrogen-bond acceptors (Lipinski definition) is 5. The van der Waals surface area contributed by atoms with Gasteiger partial charge in [-0.15, -0.1) is 11.3 Å². The molecule has 1 heterocycles. The zero-order valence-corrected chi connectivity index (χ0v) is 11.3. The first-order valence-corrected chi connectivity index (χ1v) is 7.62. The van der Waals surface area contributed by atoms with Gasteiger partial charge in [0.1, 0.15) is 0 Å². The normalized spacial score (nSPS) is 11.0. The molecule has 0 spiro atoms. The summed E-state index contributed by atoms with van der Waals surface area (Å²) in [4.78, 5) is 12.2. The first kappa shape index (κ1) is 13.5. The van der Waals surface area contributed by atoms with Crippen LogP contribution >= 0.6 is 11.3 Å². The van der Waals surface area contributed by atoms with Crippen LogP contribution in [0.2, 0.25) is 0 Å². The summed E-state index contributed by atoms with van der Waals surface area (Å²) in [5.41, 5.74) is 5.74. The molecule has 0 aliphatic rings. The fourth-order valence-electron chi connectivity index (χ4n) is 1.33. The number of anilines is 1. The van der Waals surface area contributed by atoms with E-state index in [2.05, 4.69) is 10.9 Å². The van der Waals surface area contributed by atoms with Crippen LogP contribution in [0, 0.1) is 0 Å². The Labute approximate surface area is 114 Å². The molecule has 8 heteroatoms. The van der Waals surface area contributed by atoms with Gasteiger partial charge in [-0.25, -0.2) is 13.6 Å². The van der Waals surface area contributed by atoms with Gasteiger partial charge in [0.15, 0.2) is 0 Å². The summed E-state index contributed by atoms with van der Waals surface area (Å²) in [6.45, 7) is 0. The molecule has 0 aliphatic heterocycles. The summed E-state index contributed by atoms with van der Waals surface area (Å²) in [7, 11) is -3.70. The van der Waals surface area contributed by atoms with E-state index in [-0.39, 0.29) is 10.8 Å². The van der Waals surface area contributed by atoms with E-state index in [1.54, 1.807) is 17.5 Å². The van der Waals surface area contributed by atoms with Crippen LogP contribution in [-0.4, -0.2) is 14.3 Å². The van der Waals surface area contributed by atoms with Crippen molar-refractivity contribution in [3.8, 4) is 0 Å². The number of carbonyl (C=O) groups is 1. The van der Waals surface area contributed by atoms with Crippen molar-refractivity contribution in [3.63, 3.8) is 0 Å². The number of hydrazine groups is 1. The van der Waals surface area contributed by atoms with Crippen molar-refractivity contribution in [3.05, 3.63) is 46.7 Å². The van der Waals surface area contributed by atoms with Crippen molar-refractivity contribution >= 4 is 33.0 Å². The fraction of sp³-hybridized carbons (Fsp3) is 0. The van der Waals surface area contributed by atoms with E-state index in [1.807, 2.05) is 0 Å². The maximum atomic E-state index is 11.6. The van der Waals surface area contributed by atoms with Gasteiger partial charge in [0.25, 0.3) is 5.91 Å². The summed E-state index contributed by atoms with van der Waals surface area (Å²) in [6, 6.07) is 9.21. The predicted molar refractivity (Wildman–Crippen MR) is 73.2 cm³/mol. The second kappa shape index (κ2) is 5.39. The lowest BCUT2D eigenvalue weighted by Crippen LogP contribution is -2.28. The van der Waals surface area contributed by atoms with Gasteiger partial charge in [-0.1, -0.05) is 6.07 Å². The molecule has 0 unspecified atom stereocenters. The van der Waals surface area contributed by atoms with Crippen LogP contribution in [0.5, 0.6) is 0 Å². The topological polar surface area (TPSA) is 101 Å². The SMILES string of the molecule is NS(=O)(=O)c1ccc(NNC(=O)c2cccs2)cc1. The Morgan fingerprint density at radius 2 is 1.84 bits per heavy atom. The van der Waals surface area contributed by atoms with Crippen LogP contribution in [-0.2, 0) is 10.0 Å². The molecular weight excluding hydrogens is 286 g/mol. The van der Waals surface area contributed by atoms with Crippen molar-refractivity contribution in [1.29, 1.82) is 0 Å². The Balaban J connectivity index is 1.99.